The van der Waals surface area contributed by atoms with Gasteiger partial charge < -0.3 is 14.8 Å². The van der Waals surface area contributed by atoms with Crippen molar-refractivity contribution in [3.63, 3.8) is 0 Å². The van der Waals surface area contributed by atoms with Gasteiger partial charge in [0.25, 0.3) is 5.91 Å². The highest BCUT2D eigenvalue weighted by atomic mass is 16.7. The summed E-state index contributed by atoms with van der Waals surface area (Å²) in [6, 6.07) is 25.7. The predicted octanol–water partition coefficient (Wildman–Crippen LogP) is 5.38. The lowest BCUT2D eigenvalue weighted by Crippen LogP contribution is -2.33. The average Bonchev–Trinajstić information content (AvgIpc) is 3.30. The van der Waals surface area contributed by atoms with Crippen molar-refractivity contribution in [3.05, 3.63) is 90.0 Å². The van der Waals surface area contributed by atoms with E-state index in [1.165, 1.54) is 5.56 Å². The van der Waals surface area contributed by atoms with Gasteiger partial charge in [0.05, 0.1) is 16.8 Å². The number of fused-ring (bicyclic) bond motifs is 2. The largest absolute Gasteiger partial charge is 0.454 e. The quantitative estimate of drug-likeness (QED) is 0.451. The van der Waals surface area contributed by atoms with Gasteiger partial charge in [-0.05, 0) is 55.7 Å². The Hall–Kier alpha value is -3.86. The standard InChI is InChI=1S/C27H24N2O3/c1-18(11-12-19-7-3-2-4-8-19)28-27(30)22-16-24(29-23-10-6-5-9-21(22)23)20-13-14-25-26(15-20)32-17-31-25/h2-10,13-16,18H,11-12,17H2,1H3,(H,28,30)/t18-/m0/s1. The van der Waals surface area contributed by atoms with Crippen molar-refractivity contribution in [1.82, 2.24) is 10.3 Å². The Morgan fingerprint density at radius 1 is 0.969 bits per heavy atom. The van der Waals surface area contributed by atoms with Crippen LogP contribution in [0.5, 0.6) is 11.5 Å². The highest BCUT2D eigenvalue weighted by Gasteiger charge is 2.18. The molecule has 2 heterocycles. The fraction of sp³-hybridized carbons (Fsp3) is 0.185. The van der Waals surface area contributed by atoms with Crippen LogP contribution in [0.1, 0.15) is 29.3 Å². The fourth-order valence-corrected chi connectivity index (χ4v) is 3.97. The van der Waals surface area contributed by atoms with Gasteiger partial charge in [0.1, 0.15) is 0 Å². The van der Waals surface area contributed by atoms with E-state index in [0.717, 1.165) is 40.8 Å². The van der Waals surface area contributed by atoms with Gasteiger partial charge in [0, 0.05) is 17.0 Å². The van der Waals surface area contributed by atoms with Crippen molar-refractivity contribution >= 4 is 16.8 Å². The van der Waals surface area contributed by atoms with E-state index in [4.69, 9.17) is 14.5 Å². The summed E-state index contributed by atoms with van der Waals surface area (Å²) in [5.74, 6) is 1.32. The lowest BCUT2D eigenvalue weighted by molar-refractivity contribution is 0.0940. The lowest BCUT2D eigenvalue weighted by Gasteiger charge is -2.16. The molecule has 160 valence electrons. The SMILES string of the molecule is C[C@@H](CCc1ccccc1)NC(=O)c1cc(-c2ccc3c(c2)OCO3)nc2ccccc12. The van der Waals surface area contributed by atoms with Crippen LogP contribution >= 0.6 is 0 Å². The second-order valence-electron chi connectivity index (χ2n) is 8.04. The van der Waals surface area contributed by atoms with E-state index in [1.807, 2.05) is 73.7 Å². The normalized spacial score (nSPS) is 13.2. The number of benzene rings is 3. The van der Waals surface area contributed by atoms with Crippen LogP contribution in [0.15, 0.2) is 78.9 Å². The minimum atomic E-state index is -0.0915. The average molecular weight is 425 g/mol. The number of rotatable bonds is 6. The number of amides is 1. The third-order valence-electron chi connectivity index (χ3n) is 5.72. The first-order valence-electron chi connectivity index (χ1n) is 10.8. The summed E-state index contributed by atoms with van der Waals surface area (Å²) in [4.78, 5) is 18.1. The zero-order valence-electron chi connectivity index (χ0n) is 17.9. The number of hydrogen-bond donors (Lipinski definition) is 1. The number of carbonyl (C=O) groups is 1. The van der Waals surface area contributed by atoms with E-state index in [9.17, 15) is 4.79 Å². The maximum absolute atomic E-state index is 13.3. The monoisotopic (exact) mass is 424 g/mol. The van der Waals surface area contributed by atoms with E-state index < -0.39 is 0 Å². The summed E-state index contributed by atoms with van der Waals surface area (Å²) in [5, 5.41) is 4.01. The van der Waals surface area contributed by atoms with Crippen molar-refractivity contribution in [2.45, 2.75) is 25.8 Å². The zero-order chi connectivity index (χ0) is 21.9. The van der Waals surface area contributed by atoms with Gasteiger partial charge in [-0.2, -0.15) is 0 Å². The molecule has 0 unspecified atom stereocenters. The molecule has 1 amide bonds. The van der Waals surface area contributed by atoms with E-state index in [-0.39, 0.29) is 18.7 Å². The third kappa shape index (κ3) is 4.14. The van der Waals surface area contributed by atoms with Gasteiger partial charge in [-0.1, -0.05) is 48.5 Å². The molecular weight excluding hydrogens is 400 g/mol. The number of aryl methyl sites for hydroxylation is 1. The Bertz CT molecular complexity index is 1270. The molecule has 0 spiro atoms. The Kier molecular flexibility index (Phi) is 5.46. The minimum absolute atomic E-state index is 0.0450. The van der Waals surface area contributed by atoms with Crippen LogP contribution in [0.4, 0.5) is 0 Å². The summed E-state index contributed by atoms with van der Waals surface area (Å²) >= 11 is 0. The molecule has 4 aromatic rings. The molecule has 1 aliphatic rings. The number of hydrogen-bond acceptors (Lipinski definition) is 4. The third-order valence-corrected chi connectivity index (χ3v) is 5.72. The number of ether oxygens (including phenoxy) is 2. The van der Waals surface area contributed by atoms with Crippen molar-refractivity contribution in [3.8, 4) is 22.8 Å². The maximum atomic E-state index is 13.3. The second kappa shape index (κ2) is 8.71. The Labute approximate surface area is 187 Å². The van der Waals surface area contributed by atoms with Gasteiger partial charge in [0.15, 0.2) is 11.5 Å². The van der Waals surface area contributed by atoms with Crippen LogP contribution in [0.25, 0.3) is 22.2 Å². The summed E-state index contributed by atoms with van der Waals surface area (Å²) in [5.41, 5.74) is 4.28. The van der Waals surface area contributed by atoms with Crippen LogP contribution in [0, 0.1) is 0 Å². The van der Waals surface area contributed by atoms with E-state index in [1.54, 1.807) is 0 Å². The Morgan fingerprint density at radius 2 is 1.75 bits per heavy atom. The summed E-state index contributed by atoms with van der Waals surface area (Å²) in [6.45, 7) is 2.27. The van der Waals surface area contributed by atoms with Gasteiger partial charge in [-0.3, -0.25) is 4.79 Å². The number of aromatic nitrogens is 1. The predicted molar refractivity (Wildman–Crippen MR) is 125 cm³/mol. The van der Waals surface area contributed by atoms with Crippen molar-refractivity contribution in [2.75, 3.05) is 6.79 Å². The minimum Gasteiger partial charge on any atom is -0.454 e. The molecule has 1 N–H and O–H groups in total. The summed E-state index contributed by atoms with van der Waals surface area (Å²) in [6.07, 6.45) is 1.79. The van der Waals surface area contributed by atoms with E-state index >= 15 is 0 Å². The molecule has 0 aliphatic carbocycles. The molecule has 1 aromatic heterocycles. The fourth-order valence-electron chi connectivity index (χ4n) is 3.97. The first-order chi connectivity index (χ1) is 15.7. The molecule has 5 heteroatoms. The smallest absolute Gasteiger partial charge is 0.252 e. The van der Waals surface area contributed by atoms with Crippen LogP contribution in [-0.2, 0) is 6.42 Å². The number of pyridine rings is 1. The number of carbonyl (C=O) groups excluding carboxylic acids is 1. The van der Waals surface area contributed by atoms with Crippen molar-refractivity contribution in [1.29, 1.82) is 0 Å². The van der Waals surface area contributed by atoms with Gasteiger partial charge in [-0.15, -0.1) is 0 Å². The highest BCUT2D eigenvalue weighted by molar-refractivity contribution is 6.07. The molecule has 0 fully saturated rings. The van der Waals surface area contributed by atoms with E-state index in [0.29, 0.717) is 11.3 Å². The Balaban J connectivity index is 1.41. The second-order valence-corrected chi connectivity index (χ2v) is 8.04. The molecule has 1 atom stereocenters. The van der Waals surface area contributed by atoms with Crippen LogP contribution in [-0.4, -0.2) is 23.7 Å². The zero-order valence-corrected chi connectivity index (χ0v) is 17.9. The molecule has 3 aromatic carbocycles. The first kappa shape index (κ1) is 20.1. The molecule has 0 saturated heterocycles. The number of nitrogens with zero attached hydrogens (tertiary/aromatic N) is 1. The van der Waals surface area contributed by atoms with Crippen LogP contribution < -0.4 is 14.8 Å². The highest BCUT2D eigenvalue weighted by Crippen LogP contribution is 2.36. The molecule has 0 saturated carbocycles. The summed E-state index contributed by atoms with van der Waals surface area (Å²) in [7, 11) is 0. The molecule has 32 heavy (non-hydrogen) atoms. The Morgan fingerprint density at radius 3 is 2.62 bits per heavy atom. The molecule has 0 bridgehead atoms. The topological polar surface area (TPSA) is 60.5 Å². The van der Waals surface area contributed by atoms with Crippen LogP contribution in [0.2, 0.25) is 0 Å². The first-order valence-corrected chi connectivity index (χ1v) is 10.8. The number of para-hydroxylation sites is 1. The maximum Gasteiger partial charge on any atom is 0.252 e. The molecule has 1 aliphatic heterocycles. The summed E-state index contributed by atoms with van der Waals surface area (Å²) < 4.78 is 10.9. The number of nitrogens with one attached hydrogen (secondary N) is 1. The molecule has 0 radical (unpaired) electrons. The van der Waals surface area contributed by atoms with Gasteiger partial charge in [0.2, 0.25) is 6.79 Å². The van der Waals surface area contributed by atoms with Crippen molar-refractivity contribution in [2.24, 2.45) is 0 Å². The van der Waals surface area contributed by atoms with Gasteiger partial charge >= 0.3 is 0 Å². The molecule has 5 rings (SSSR count). The van der Waals surface area contributed by atoms with Crippen molar-refractivity contribution < 1.29 is 14.3 Å². The van der Waals surface area contributed by atoms with Crippen LogP contribution in [0.3, 0.4) is 0 Å². The molecule has 5 nitrogen and oxygen atoms in total. The van der Waals surface area contributed by atoms with Gasteiger partial charge in [-0.25, -0.2) is 4.98 Å². The lowest BCUT2D eigenvalue weighted by atomic mass is 10.0. The van der Waals surface area contributed by atoms with E-state index in [2.05, 4.69) is 17.4 Å². The molecular formula is C27H24N2O3.